The molecular formula is C29H25F5O2. The van der Waals surface area contributed by atoms with Crippen LogP contribution in [0.3, 0.4) is 0 Å². The van der Waals surface area contributed by atoms with E-state index in [-0.39, 0.29) is 11.6 Å². The summed E-state index contributed by atoms with van der Waals surface area (Å²) >= 11 is 0. The Hall–Kier alpha value is -3.45. The Balaban J connectivity index is 1.42. The van der Waals surface area contributed by atoms with E-state index >= 15 is 4.39 Å². The van der Waals surface area contributed by atoms with Crippen molar-refractivity contribution in [1.29, 1.82) is 0 Å². The number of hydrogen-bond donors (Lipinski definition) is 0. The summed E-state index contributed by atoms with van der Waals surface area (Å²) in [6.07, 6.45) is 1.77. The first-order valence-corrected chi connectivity index (χ1v) is 11.5. The van der Waals surface area contributed by atoms with Crippen LogP contribution in [-0.2, 0) is 37.0 Å². The monoisotopic (exact) mass is 500 g/mol. The van der Waals surface area contributed by atoms with Crippen LogP contribution in [0, 0.1) is 17.5 Å². The molecule has 0 radical (unpaired) electrons. The molecule has 36 heavy (non-hydrogen) atoms. The molecule has 0 aliphatic rings. The number of hydrogen-bond acceptors (Lipinski definition) is 2. The van der Waals surface area contributed by atoms with Crippen LogP contribution in [0.15, 0.2) is 66.7 Å². The predicted octanol–water partition coefficient (Wildman–Crippen LogP) is 7.58. The fourth-order valence-corrected chi connectivity index (χ4v) is 4.23. The van der Waals surface area contributed by atoms with Gasteiger partial charge in [0.05, 0.1) is 6.61 Å². The molecule has 0 spiro atoms. The SMILES string of the molecule is COCc1ccc(CCc2ccc3c(F)c(CCc4ccc(OC(F)F)c(F)c4)ccc3c2)c(F)c1. The number of alkyl halides is 2. The van der Waals surface area contributed by atoms with Crippen LogP contribution in [0.5, 0.6) is 5.75 Å². The molecule has 0 saturated heterocycles. The van der Waals surface area contributed by atoms with E-state index in [0.717, 1.165) is 28.6 Å². The molecule has 2 nitrogen and oxygen atoms in total. The van der Waals surface area contributed by atoms with Gasteiger partial charge in [-0.05, 0) is 77.1 Å². The molecule has 0 aliphatic heterocycles. The number of ether oxygens (including phenoxy) is 2. The highest BCUT2D eigenvalue weighted by molar-refractivity contribution is 5.84. The van der Waals surface area contributed by atoms with Gasteiger partial charge in [-0.2, -0.15) is 8.78 Å². The van der Waals surface area contributed by atoms with E-state index < -0.39 is 18.2 Å². The zero-order chi connectivity index (χ0) is 25.7. The summed E-state index contributed by atoms with van der Waals surface area (Å²) < 4.78 is 77.2. The second-order valence-electron chi connectivity index (χ2n) is 8.60. The van der Waals surface area contributed by atoms with Gasteiger partial charge in [0, 0.05) is 12.5 Å². The van der Waals surface area contributed by atoms with Crippen molar-refractivity contribution in [3.8, 4) is 5.75 Å². The molecule has 0 unspecified atom stereocenters. The third-order valence-corrected chi connectivity index (χ3v) is 6.11. The molecule has 0 N–H and O–H groups in total. The first-order chi connectivity index (χ1) is 17.3. The summed E-state index contributed by atoms with van der Waals surface area (Å²) in [5.41, 5.74) is 3.38. The van der Waals surface area contributed by atoms with Gasteiger partial charge in [0.2, 0.25) is 0 Å². The highest BCUT2D eigenvalue weighted by Gasteiger charge is 2.12. The summed E-state index contributed by atoms with van der Waals surface area (Å²) in [5, 5.41) is 1.21. The maximum absolute atomic E-state index is 15.2. The summed E-state index contributed by atoms with van der Waals surface area (Å²) in [6.45, 7) is -2.75. The van der Waals surface area contributed by atoms with Gasteiger partial charge in [-0.25, -0.2) is 13.2 Å². The summed E-state index contributed by atoms with van der Waals surface area (Å²) in [4.78, 5) is 0. The molecule has 0 aromatic heterocycles. The Labute approximate surface area is 206 Å². The fourth-order valence-electron chi connectivity index (χ4n) is 4.23. The number of halogens is 5. The van der Waals surface area contributed by atoms with Crippen LogP contribution in [-0.4, -0.2) is 13.7 Å². The second-order valence-corrected chi connectivity index (χ2v) is 8.60. The summed E-state index contributed by atoms with van der Waals surface area (Å²) in [6, 6.07) is 17.8. The van der Waals surface area contributed by atoms with Crippen LogP contribution in [0.1, 0.15) is 27.8 Å². The molecule has 4 aromatic carbocycles. The minimum absolute atomic E-state index is 0.267. The predicted molar refractivity (Wildman–Crippen MR) is 129 cm³/mol. The molecule has 4 rings (SSSR count). The van der Waals surface area contributed by atoms with Gasteiger partial charge in [0.25, 0.3) is 0 Å². The van der Waals surface area contributed by atoms with Crippen LogP contribution in [0.4, 0.5) is 22.0 Å². The van der Waals surface area contributed by atoms with Gasteiger partial charge in [-0.15, -0.1) is 0 Å². The maximum atomic E-state index is 15.2. The number of benzene rings is 4. The average molecular weight is 501 g/mol. The van der Waals surface area contributed by atoms with Crippen LogP contribution >= 0.6 is 0 Å². The van der Waals surface area contributed by atoms with Crippen molar-refractivity contribution >= 4 is 10.8 Å². The Kier molecular flexibility index (Phi) is 8.21. The topological polar surface area (TPSA) is 18.5 Å². The lowest BCUT2D eigenvalue weighted by atomic mass is 9.97. The van der Waals surface area contributed by atoms with Crippen molar-refractivity contribution < 1.29 is 31.4 Å². The lowest BCUT2D eigenvalue weighted by Crippen LogP contribution is -2.04. The first kappa shape index (κ1) is 25.6. The lowest BCUT2D eigenvalue weighted by Gasteiger charge is -2.10. The van der Waals surface area contributed by atoms with E-state index in [9.17, 15) is 17.6 Å². The standard InChI is InChI=1S/C29H25F5O2/c1-35-17-20-4-8-21(25(30)16-20)7-2-18-5-12-24-23(14-18)11-10-22(28(24)32)9-3-19-6-13-27(26(31)15-19)36-29(33)34/h4-6,8,10-16,29H,2-3,7,9,17H2,1H3. The zero-order valence-corrected chi connectivity index (χ0v) is 19.7. The molecule has 0 aliphatic carbocycles. The van der Waals surface area contributed by atoms with Gasteiger partial charge < -0.3 is 9.47 Å². The Morgan fingerprint density at radius 3 is 2.00 bits per heavy atom. The van der Waals surface area contributed by atoms with Gasteiger partial charge in [-0.1, -0.05) is 48.5 Å². The van der Waals surface area contributed by atoms with Gasteiger partial charge in [0.1, 0.15) is 11.6 Å². The van der Waals surface area contributed by atoms with E-state index in [1.807, 2.05) is 24.3 Å². The zero-order valence-electron chi connectivity index (χ0n) is 19.7. The third-order valence-electron chi connectivity index (χ3n) is 6.11. The first-order valence-electron chi connectivity index (χ1n) is 11.5. The Morgan fingerprint density at radius 1 is 0.667 bits per heavy atom. The number of methoxy groups -OCH3 is 1. The highest BCUT2D eigenvalue weighted by atomic mass is 19.3. The Bertz CT molecular complexity index is 1350. The van der Waals surface area contributed by atoms with Crippen molar-refractivity contribution in [3.63, 3.8) is 0 Å². The highest BCUT2D eigenvalue weighted by Crippen LogP contribution is 2.26. The average Bonchev–Trinajstić information content (AvgIpc) is 2.84. The minimum Gasteiger partial charge on any atom is -0.432 e. The third kappa shape index (κ3) is 6.21. The molecular weight excluding hydrogens is 475 g/mol. The molecule has 0 saturated carbocycles. The molecule has 0 amide bonds. The smallest absolute Gasteiger partial charge is 0.387 e. The number of rotatable bonds is 10. The quantitative estimate of drug-likeness (QED) is 0.209. The Morgan fingerprint density at radius 2 is 1.31 bits per heavy atom. The van der Waals surface area contributed by atoms with E-state index in [1.54, 1.807) is 25.3 Å². The minimum atomic E-state index is -3.11. The van der Waals surface area contributed by atoms with Gasteiger partial charge >= 0.3 is 6.61 Å². The largest absolute Gasteiger partial charge is 0.432 e. The molecule has 7 heteroatoms. The summed E-state index contributed by atoms with van der Waals surface area (Å²) in [5.74, 6) is -2.02. The van der Waals surface area contributed by atoms with Crippen LogP contribution in [0.2, 0.25) is 0 Å². The van der Waals surface area contributed by atoms with Crippen LogP contribution < -0.4 is 4.74 Å². The van der Waals surface area contributed by atoms with Crippen molar-refractivity contribution in [2.45, 2.75) is 38.9 Å². The van der Waals surface area contributed by atoms with Gasteiger partial charge in [0.15, 0.2) is 11.6 Å². The molecule has 0 atom stereocenters. The second kappa shape index (κ2) is 11.5. The molecule has 0 bridgehead atoms. The summed E-state index contributed by atoms with van der Waals surface area (Å²) in [7, 11) is 1.56. The van der Waals surface area contributed by atoms with Crippen molar-refractivity contribution in [1.82, 2.24) is 0 Å². The van der Waals surface area contributed by atoms with E-state index in [4.69, 9.17) is 4.74 Å². The molecule has 4 aromatic rings. The fraction of sp³-hybridized carbons (Fsp3) is 0.241. The van der Waals surface area contributed by atoms with Crippen molar-refractivity contribution in [2.24, 2.45) is 0 Å². The molecule has 0 fully saturated rings. The lowest BCUT2D eigenvalue weighted by molar-refractivity contribution is -0.0522. The molecule has 0 heterocycles. The maximum Gasteiger partial charge on any atom is 0.387 e. The normalized spacial score (nSPS) is 11.4. The van der Waals surface area contributed by atoms with Crippen molar-refractivity contribution in [2.75, 3.05) is 7.11 Å². The van der Waals surface area contributed by atoms with Crippen LogP contribution in [0.25, 0.3) is 10.8 Å². The van der Waals surface area contributed by atoms with E-state index in [0.29, 0.717) is 54.4 Å². The number of aryl methyl sites for hydroxylation is 4. The number of fused-ring (bicyclic) bond motifs is 1. The van der Waals surface area contributed by atoms with Crippen molar-refractivity contribution in [3.05, 3.63) is 112 Å². The van der Waals surface area contributed by atoms with E-state index in [1.165, 1.54) is 12.1 Å². The molecule has 188 valence electrons. The van der Waals surface area contributed by atoms with Gasteiger partial charge in [-0.3, -0.25) is 0 Å². The van der Waals surface area contributed by atoms with E-state index in [2.05, 4.69) is 4.74 Å².